The third-order valence-corrected chi connectivity index (χ3v) is 2.71. The average molecular weight is 222 g/mol. The number of hydrogen-bond acceptors (Lipinski definition) is 3. The molecule has 0 heterocycles. The highest BCUT2D eigenvalue weighted by molar-refractivity contribution is 9.09. The van der Waals surface area contributed by atoms with Crippen LogP contribution in [0.1, 0.15) is 19.8 Å². The predicted octanol–water partition coefficient (Wildman–Crippen LogP) is 0.797. The smallest absolute Gasteiger partial charge is 0.186 e. The molecule has 0 bridgehead atoms. The quantitative estimate of drug-likeness (QED) is 0.546. The van der Waals surface area contributed by atoms with Crippen molar-refractivity contribution in [3.63, 3.8) is 0 Å². The molecule has 11 heavy (non-hydrogen) atoms. The molecule has 0 saturated carbocycles. The van der Waals surface area contributed by atoms with Gasteiger partial charge in [-0.3, -0.25) is 0 Å². The topological polar surface area (TPSA) is 64.2 Å². The van der Waals surface area contributed by atoms with E-state index in [-0.39, 0.29) is 4.83 Å². The Kier molecular flexibility index (Phi) is 4.66. The van der Waals surface area contributed by atoms with E-state index in [0.29, 0.717) is 6.42 Å². The van der Waals surface area contributed by atoms with Crippen LogP contribution in [0.4, 0.5) is 0 Å². The molecule has 0 rings (SSSR count). The zero-order valence-electron chi connectivity index (χ0n) is 6.42. The Balaban J connectivity index is 4.15. The fourth-order valence-corrected chi connectivity index (χ4v) is 1.40. The van der Waals surface area contributed by atoms with Gasteiger partial charge >= 0.3 is 0 Å². The van der Waals surface area contributed by atoms with Crippen molar-refractivity contribution in [2.24, 2.45) is 0 Å². The summed E-state index contributed by atoms with van der Waals surface area (Å²) in [4.78, 5) is -0.352. The lowest BCUT2D eigenvalue weighted by atomic mass is 10.00. The van der Waals surface area contributed by atoms with E-state index in [1.54, 1.807) is 6.07 Å². The molecule has 0 unspecified atom stereocenters. The minimum absolute atomic E-state index is 0.352. The molecule has 0 saturated heterocycles. The highest BCUT2D eigenvalue weighted by Gasteiger charge is 2.33. The second-order valence-electron chi connectivity index (χ2n) is 2.45. The zero-order chi connectivity index (χ0) is 8.91. The summed E-state index contributed by atoms with van der Waals surface area (Å²) in [6.07, 6.45) is 1.53. The summed E-state index contributed by atoms with van der Waals surface area (Å²) in [5.41, 5.74) is -1.63. The molecule has 0 aliphatic rings. The zero-order valence-corrected chi connectivity index (χ0v) is 8.00. The number of aliphatic hydroxyl groups is 2. The van der Waals surface area contributed by atoms with Crippen molar-refractivity contribution in [1.29, 1.82) is 5.26 Å². The van der Waals surface area contributed by atoms with Crippen molar-refractivity contribution in [3.8, 4) is 6.07 Å². The Hall–Kier alpha value is -0.110. The summed E-state index contributed by atoms with van der Waals surface area (Å²) in [6.45, 7) is 1.42. The standard InChI is InChI=1S/C7H12BrNO2/c1-2-3-6(8)7(11,4-9)5-10/h6,10-11H,2-3,5H2,1H3/t6-,7+/m0/s1. The van der Waals surface area contributed by atoms with Gasteiger partial charge in [-0.2, -0.15) is 5.26 Å². The van der Waals surface area contributed by atoms with E-state index in [2.05, 4.69) is 15.9 Å². The van der Waals surface area contributed by atoms with E-state index in [1.165, 1.54) is 0 Å². The van der Waals surface area contributed by atoms with E-state index in [0.717, 1.165) is 6.42 Å². The molecular formula is C7H12BrNO2. The first-order valence-corrected chi connectivity index (χ1v) is 4.40. The summed E-state index contributed by atoms with van der Waals surface area (Å²) in [7, 11) is 0. The van der Waals surface area contributed by atoms with Gasteiger partial charge in [0.1, 0.15) is 6.07 Å². The van der Waals surface area contributed by atoms with Crippen LogP contribution in [-0.2, 0) is 0 Å². The van der Waals surface area contributed by atoms with Crippen LogP contribution in [0.5, 0.6) is 0 Å². The fourth-order valence-electron chi connectivity index (χ4n) is 0.697. The van der Waals surface area contributed by atoms with Gasteiger partial charge in [0.2, 0.25) is 0 Å². The molecule has 0 aliphatic carbocycles. The molecule has 64 valence electrons. The van der Waals surface area contributed by atoms with Gasteiger partial charge in [0.05, 0.1) is 11.4 Å². The van der Waals surface area contributed by atoms with E-state index in [9.17, 15) is 5.11 Å². The van der Waals surface area contributed by atoms with Gasteiger partial charge in [0, 0.05) is 0 Å². The maximum Gasteiger partial charge on any atom is 0.186 e. The van der Waals surface area contributed by atoms with Gasteiger partial charge in [-0.25, -0.2) is 0 Å². The van der Waals surface area contributed by atoms with Gasteiger partial charge in [-0.05, 0) is 6.42 Å². The van der Waals surface area contributed by atoms with Crippen LogP contribution < -0.4 is 0 Å². The lowest BCUT2D eigenvalue weighted by molar-refractivity contribution is 0.0320. The molecule has 3 nitrogen and oxygen atoms in total. The van der Waals surface area contributed by atoms with Crippen molar-refractivity contribution in [1.82, 2.24) is 0 Å². The second kappa shape index (κ2) is 4.70. The normalized spacial score (nSPS) is 18.5. The van der Waals surface area contributed by atoms with E-state index in [4.69, 9.17) is 10.4 Å². The third kappa shape index (κ3) is 2.78. The molecule has 0 aromatic rings. The van der Waals surface area contributed by atoms with Gasteiger partial charge in [-0.1, -0.05) is 29.3 Å². The van der Waals surface area contributed by atoms with Gasteiger partial charge in [0.25, 0.3) is 0 Å². The van der Waals surface area contributed by atoms with Crippen molar-refractivity contribution in [2.75, 3.05) is 6.61 Å². The van der Waals surface area contributed by atoms with Crippen molar-refractivity contribution in [3.05, 3.63) is 0 Å². The van der Waals surface area contributed by atoms with Crippen molar-refractivity contribution in [2.45, 2.75) is 30.2 Å². The molecule has 0 fully saturated rings. The summed E-state index contributed by atoms with van der Waals surface area (Å²) >= 11 is 3.15. The minimum Gasteiger partial charge on any atom is -0.392 e. The molecule has 0 radical (unpaired) electrons. The lowest BCUT2D eigenvalue weighted by Gasteiger charge is -2.22. The molecule has 0 aromatic heterocycles. The Morgan fingerprint density at radius 1 is 1.73 bits per heavy atom. The largest absolute Gasteiger partial charge is 0.392 e. The van der Waals surface area contributed by atoms with Crippen LogP contribution >= 0.6 is 15.9 Å². The van der Waals surface area contributed by atoms with Crippen LogP contribution in [0.25, 0.3) is 0 Å². The van der Waals surface area contributed by atoms with Crippen molar-refractivity contribution < 1.29 is 10.2 Å². The van der Waals surface area contributed by atoms with E-state index in [1.807, 2.05) is 6.92 Å². The highest BCUT2D eigenvalue weighted by Crippen LogP contribution is 2.21. The van der Waals surface area contributed by atoms with E-state index < -0.39 is 12.2 Å². The molecule has 0 aliphatic heterocycles. The lowest BCUT2D eigenvalue weighted by Crippen LogP contribution is -2.40. The monoisotopic (exact) mass is 221 g/mol. The van der Waals surface area contributed by atoms with Crippen LogP contribution in [0.3, 0.4) is 0 Å². The number of hydrogen-bond donors (Lipinski definition) is 2. The molecule has 2 atom stereocenters. The Bertz CT molecular complexity index is 157. The number of aliphatic hydroxyl groups excluding tert-OH is 1. The summed E-state index contributed by atoms with van der Waals surface area (Å²) in [6, 6.07) is 1.67. The Morgan fingerprint density at radius 2 is 2.27 bits per heavy atom. The fraction of sp³-hybridized carbons (Fsp3) is 0.857. The van der Waals surface area contributed by atoms with Gasteiger partial charge < -0.3 is 10.2 Å². The Morgan fingerprint density at radius 3 is 2.55 bits per heavy atom. The summed E-state index contributed by atoms with van der Waals surface area (Å²) in [5, 5.41) is 26.5. The SMILES string of the molecule is CCC[C@H](Br)[C@@](O)(C#N)CO. The molecule has 0 spiro atoms. The number of rotatable bonds is 4. The minimum atomic E-state index is -1.63. The number of alkyl halides is 1. The first-order chi connectivity index (χ1) is 5.10. The molecular weight excluding hydrogens is 210 g/mol. The molecule has 0 amide bonds. The Labute approximate surface area is 74.8 Å². The molecule has 0 aromatic carbocycles. The van der Waals surface area contributed by atoms with Gasteiger partial charge in [0.15, 0.2) is 5.60 Å². The van der Waals surface area contributed by atoms with Crippen LogP contribution in [0.15, 0.2) is 0 Å². The molecule has 2 N–H and O–H groups in total. The van der Waals surface area contributed by atoms with E-state index >= 15 is 0 Å². The highest BCUT2D eigenvalue weighted by atomic mass is 79.9. The number of halogens is 1. The van der Waals surface area contributed by atoms with Crippen LogP contribution in [-0.4, -0.2) is 27.2 Å². The predicted molar refractivity (Wildman–Crippen MR) is 45.3 cm³/mol. The average Bonchev–Trinajstić information content (AvgIpc) is 2.03. The van der Waals surface area contributed by atoms with Crippen molar-refractivity contribution >= 4 is 15.9 Å². The maximum absolute atomic E-state index is 9.37. The third-order valence-electron chi connectivity index (χ3n) is 1.49. The summed E-state index contributed by atoms with van der Waals surface area (Å²) < 4.78 is 0. The number of nitrogens with zero attached hydrogens (tertiary/aromatic N) is 1. The van der Waals surface area contributed by atoms with Crippen LogP contribution in [0.2, 0.25) is 0 Å². The maximum atomic E-state index is 9.37. The number of nitriles is 1. The molecule has 4 heteroatoms. The first-order valence-electron chi connectivity index (χ1n) is 3.49. The first kappa shape index (κ1) is 10.9. The van der Waals surface area contributed by atoms with Gasteiger partial charge in [-0.15, -0.1) is 0 Å². The second-order valence-corrected chi connectivity index (χ2v) is 3.56. The summed E-state index contributed by atoms with van der Waals surface area (Å²) in [5.74, 6) is 0. The van der Waals surface area contributed by atoms with Crippen LogP contribution in [0, 0.1) is 11.3 Å².